The summed E-state index contributed by atoms with van der Waals surface area (Å²) in [5.74, 6) is 0.681. The van der Waals surface area contributed by atoms with Gasteiger partial charge in [0.05, 0.1) is 17.8 Å². The van der Waals surface area contributed by atoms with E-state index in [4.69, 9.17) is 5.26 Å². The molecule has 3 aromatic heterocycles. The molecule has 4 heterocycles. The molecule has 0 aliphatic carbocycles. The lowest BCUT2D eigenvalue weighted by Gasteiger charge is -2.39. The summed E-state index contributed by atoms with van der Waals surface area (Å²) in [5, 5.41) is 13.0. The van der Waals surface area contributed by atoms with Gasteiger partial charge in [0.1, 0.15) is 17.5 Å². The fourth-order valence-corrected chi connectivity index (χ4v) is 2.61. The summed E-state index contributed by atoms with van der Waals surface area (Å²) in [6.45, 7) is 1.45. The standard InChI is InChI=1S/C15H12N6O/c16-6-11-7-17-21(8-11)12-9-19(10-12)14-5-15(22)20-4-2-1-3-13(20)18-14/h1-5,7-8,12H,9-10H2. The molecule has 0 spiro atoms. The maximum Gasteiger partial charge on any atom is 0.259 e. The predicted molar refractivity (Wildman–Crippen MR) is 79.7 cm³/mol. The molecular weight excluding hydrogens is 280 g/mol. The molecule has 0 atom stereocenters. The molecule has 0 radical (unpaired) electrons. The normalized spacial score (nSPS) is 14.8. The maximum atomic E-state index is 12.1. The van der Waals surface area contributed by atoms with Crippen LogP contribution >= 0.6 is 0 Å². The van der Waals surface area contributed by atoms with Crippen LogP contribution in [0.3, 0.4) is 0 Å². The third-order valence-corrected chi connectivity index (χ3v) is 3.85. The van der Waals surface area contributed by atoms with Crippen LogP contribution in [0.5, 0.6) is 0 Å². The fraction of sp³-hybridized carbons (Fsp3) is 0.200. The average Bonchev–Trinajstić information content (AvgIpc) is 2.94. The van der Waals surface area contributed by atoms with Crippen molar-refractivity contribution in [1.82, 2.24) is 19.2 Å². The zero-order chi connectivity index (χ0) is 15.1. The zero-order valence-electron chi connectivity index (χ0n) is 11.6. The van der Waals surface area contributed by atoms with Crippen molar-refractivity contribution in [3.63, 3.8) is 0 Å². The summed E-state index contributed by atoms with van der Waals surface area (Å²) in [5.41, 5.74) is 1.11. The predicted octanol–water partition coefficient (Wildman–Crippen LogP) is 0.824. The number of nitriles is 1. The van der Waals surface area contributed by atoms with E-state index in [0.29, 0.717) is 17.0 Å². The Balaban J connectivity index is 1.58. The summed E-state index contributed by atoms with van der Waals surface area (Å²) in [6, 6.07) is 9.30. The SMILES string of the molecule is N#Cc1cnn(C2CN(c3cc(=O)n4ccccc4n3)C2)c1. The second-order valence-electron chi connectivity index (χ2n) is 5.26. The summed E-state index contributed by atoms with van der Waals surface area (Å²) in [4.78, 5) is 18.6. The summed E-state index contributed by atoms with van der Waals surface area (Å²) < 4.78 is 3.32. The van der Waals surface area contributed by atoms with Crippen LogP contribution in [0.2, 0.25) is 0 Å². The van der Waals surface area contributed by atoms with Crippen molar-refractivity contribution >= 4 is 11.5 Å². The second kappa shape index (κ2) is 4.70. The van der Waals surface area contributed by atoms with Gasteiger partial charge in [-0.3, -0.25) is 13.9 Å². The first-order valence-electron chi connectivity index (χ1n) is 6.92. The molecule has 108 valence electrons. The number of nitrogens with zero attached hydrogens (tertiary/aromatic N) is 6. The van der Waals surface area contributed by atoms with E-state index in [2.05, 4.69) is 16.2 Å². The quantitative estimate of drug-likeness (QED) is 0.699. The molecule has 1 saturated heterocycles. The molecule has 22 heavy (non-hydrogen) atoms. The van der Waals surface area contributed by atoms with Crippen molar-refractivity contribution in [1.29, 1.82) is 5.26 Å². The van der Waals surface area contributed by atoms with Crippen molar-refractivity contribution in [2.24, 2.45) is 0 Å². The highest BCUT2D eigenvalue weighted by Gasteiger charge is 2.30. The molecule has 1 fully saturated rings. The lowest BCUT2D eigenvalue weighted by Crippen LogP contribution is -2.48. The molecule has 7 nitrogen and oxygen atoms in total. The Labute approximate surface area is 125 Å². The number of anilines is 1. The van der Waals surface area contributed by atoms with Crippen molar-refractivity contribution < 1.29 is 0 Å². The van der Waals surface area contributed by atoms with Gasteiger partial charge >= 0.3 is 0 Å². The van der Waals surface area contributed by atoms with Crippen LogP contribution < -0.4 is 10.5 Å². The fourth-order valence-electron chi connectivity index (χ4n) is 2.61. The van der Waals surface area contributed by atoms with Gasteiger partial charge in [-0.15, -0.1) is 0 Å². The van der Waals surface area contributed by atoms with E-state index >= 15 is 0 Å². The van der Waals surface area contributed by atoms with Gasteiger partial charge < -0.3 is 4.90 Å². The first kappa shape index (κ1) is 12.6. The summed E-state index contributed by atoms with van der Waals surface area (Å²) in [6.07, 6.45) is 5.01. The monoisotopic (exact) mass is 292 g/mol. The average molecular weight is 292 g/mol. The lowest BCUT2D eigenvalue weighted by molar-refractivity contribution is 0.366. The first-order valence-corrected chi connectivity index (χ1v) is 6.92. The van der Waals surface area contributed by atoms with Crippen LogP contribution in [0, 0.1) is 11.3 Å². The topological polar surface area (TPSA) is 79.2 Å². The van der Waals surface area contributed by atoms with Crippen LogP contribution in [0.4, 0.5) is 5.82 Å². The molecular formula is C15H12N6O. The van der Waals surface area contributed by atoms with Crippen LogP contribution in [-0.2, 0) is 0 Å². The van der Waals surface area contributed by atoms with Gasteiger partial charge in [-0.05, 0) is 12.1 Å². The molecule has 0 N–H and O–H groups in total. The Hall–Kier alpha value is -3.14. The molecule has 7 heteroatoms. The summed E-state index contributed by atoms with van der Waals surface area (Å²) in [7, 11) is 0. The van der Waals surface area contributed by atoms with Crippen LogP contribution in [0.15, 0.2) is 47.7 Å². The van der Waals surface area contributed by atoms with Gasteiger partial charge in [0.2, 0.25) is 0 Å². The molecule has 3 aromatic rings. The van der Waals surface area contributed by atoms with E-state index in [9.17, 15) is 4.79 Å². The van der Waals surface area contributed by atoms with Crippen LogP contribution in [0.1, 0.15) is 11.6 Å². The molecule has 0 aromatic carbocycles. The van der Waals surface area contributed by atoms with Gasteiger partial charge in [-0.2, -0.15) is 10.4 Å². The van der Waals surface area contributed by atoms with Crippen LogP contribution in [-0.4, -0.2) is 32.3 Å². The van der Waals surface area contributed by atoms with Gasteiger partial charge in [-0.1, -0.05) is 6.07 Å². The molecule has 0 bridgehead atoms. The third kappa shape index (κ3) is 1.93. The molecule has 1 aliphatic rings. The summed E-state index contributed by atoms with van der Waals surface area (Å²) >= 11 is 0. The first-order chi connectivity index (χ1) is 10.7. The van der Waals surface area contributed by atoms with Crippen molar-refractivity contribution in [2.75, 3.05) is 18.0 Å². The molecule has 0 unspecified atom stereocenters. The Morgan fingerprint density at radius 3 is 2.95 bits per heavy atom. The van der Waals surface area contributed by atoms with Crippen molar-refractivity contribution in [2.45, 2.75) is 6.04 Å². The molecule has 0 amide bonds. The van der Waals surface area contributed by atoms with E-state index < -0.39 is 0 Å². The highest BCUT2D eigenvalue weighted by atomic mass is 16.1. The Kier molecular flexibility index (Phi) is 2.69. The number of hydrogen-bond acceptors (Lipinski definition) is 5. The number of pyridine rings is 1. The van der Waals surface area contributed by atoms with E-state index in [1.165, 1.54) is 4.40 Å². The highest BCUT2D eigenvalue weighted by Crippen LogP contribution is 2.25. The minimum Gasteiger partial charge on any atom is -0.352 e. The van der Waals surface area contributed by atoms with Crippen LogP contribution in [0.25, 0.3) is 5.65 Å². The minimum atomic E-state index is -0.0881. The smallest absolute Gasteiger partial charge is 0.259 e. The number of rotatable bonds is 2. The van der Waals surface area contributed by atoms with Gasteiger partial charge in [0.15, 0.2) is 0 Å². The van der Waals surface area contributed by atoms with E-state index in [1.807, 2.05) is 17.0 Å². The lowest BCUT2D eigenvalue weighted by atomic mass is 10.1. The maximum absolute atomic E-state index is 12.1. The second-order valence-corrected chi connectivity index (χ2v) is 5.26. The Morgan fingerprint density at radius 1 is 1.32 bits per heavy atom. The zero-order valence-corrected chi connectivity index (χ0v) is 11.6. The molecule has 1 aliphatic heterocycles. The van der Waals surface area contributed by atoms with Gasteiger partial charge in [0.25, 0.3) is 5.56 Å². The van der Waals surface area contributed by atoms with Crippen molar-refractivity contribution in [3.8, 4) is 6.07 Å². The largest absolute Gasteiger partial charge is 0.352 e. The van der Waals surface area contributed by atoms with E-state index in [0.717, 1.165) is 13.1 Å². The van der Waals surface area contributed by atoms with E-state index in [1.54, 1.807) is 35.4 Å². The third-order valence-electron chi connectivity index (χ3n) is 3.85. The van der Waals surface area contributed by atoms with Gasteiger partial charge in [-0.25, -0.2) is 4.98 Å². The number of hydrogen-bond donors (Lipinski definition) is 0. The molecule has 4 rings (SSSR count). The van der Waals surface area contributed by atoms with Crippen molar-refractivity contribution in [3.05, 3.63) is 58.8 Å². The number of aromatic nitrogens is 4. The minimum absolute atomic E-state index is 0.0881. The molecule has 0 saturated carbocycles. The van der Waals surface area contributed by atoms with Gasteiger partial charge in [0, 0.05) is 31.5 Å². The number of fused-ring (bicyclic) bond motifs is 1. The van der Waals surface area contributed by atoms with E-state index in [-0.39, 0.29) is 11.6 Å². The Bertz CT molecular complexity index is 944. The Morgan fingerprint density at radius 2 is 2.18 bits per heavy atom. The highest BCUT2D eigenvalue weighted by molar-refractivity contribution is 5.49.